The van der Waals surface area contributed by atoms with Gasteiger partial charge in [-0.2, -0.15) is 0 Å². The Kier molecular flexibility index (Phi) is 4.21. The number of para-hydroxylation sites is 1. The van der Waals surface area contributed by atoms with Gasteiger partial charge in [-0.3, -0.25) is 0 Å². The van der Waals surface area contributed by atoms with E-state index in [4.69, 9.17) is 5.14 Å². The van der Waals surface area contributed by atoms with Gasteiger partial charge in [-0.25, -0.2) is 13.6 Å². The maximum Gasteiger partial charge on any atom is 0.240 e. The molecule has 0 radical (unpaired) electrons. The Morgan fingerprint density at radius 3 is 2.83 bits per heavy atom. The van der Waals surface area contributed by atoms with Crippen molar-refractivity contribution >= 4 is 15.7 Å². The Morgan fingerprint density at radius 2 is 2.17 bits per heavy atom. The maximum absolute atomic E-state index is 11.4. The lowest BCUT2D eigenvalue weighted by atomic mass is 10.1. The minimum absolute atomic E-state index is 0.162. The van der Waals surface area contributed by atoms with Crippen LogP contribution in [0.25, 0.3) is 0 Å². The summed E-state index contributed by atoms with van der Waals surface area (Å²) in [6.07, 6.45) is 2.23. The van der Waals surface area contributed by atoms with Crippen LogP contribution in [0.5, 0.6) is 0 Å². The van der Waals surface area contributed by atoms with Gasteiger partial charge in [-0.05, 0) is 44.0 Å². The first-order valence-electron chi connectivity index (χ1n) is 6.14. The molecule has 0 saturated carbocycles. The number of nitrogens with one attached hydrogen (secondary N) is 2. The van der Waals surface area contributed by atoms with E-state index in [1.54, 1.807) is 18.2 Å². The number of rotatable bonds is 5. The van der Waals surface area contributed by atoms with Crippen molar-refractivity contribution in [2.24, 2.45) is 11.1 Å². The monoisotopic (exact) mass is 269 g/mol. The number of sulfonamides is 1. The second-order valence-corrected chi connectivity index (χ2v) is 6.15. The van der Waals surface area contributed by atoms with Gasteiger partial charge in [0.15, 0.2) is 0 Å². The van der Waals surface area contributed by atoms with Crippen LogP contribution < -0.4 is 15.8 Å². The van der Waals surface area contributed by atoms with Crippen molar-refractivity contribution in [3.8, 4) is 0 Å². The Bertz CT molecular complexity index is 496. The Hall–Kier alpha value is -1.11. The molecule has 1 saturated heterocycles. The lowest BCUT2D eigenvalue weighted by Crippen LogP contribution is -2.17. The van der Waals surface area contributed by atoms with E-state index in [1.807, 2.05) is 0 Å². The van der Waals surface area contributed by atoms with E-state index in [-0.39, 0.29) is 4.90 Å². The van der Waals surface area contributed by atoms with E-state index >= 15 is 0 Å². The van der Waals surface area contributed by atoms with E-state index in [2.05, 4.69) is 10.6 Å². The molecule has 1 unspecified atom stereocenters. The molecule has 0 aromatic heterocycles. The van der Waals surface area contributed by atoms with Crippen LogP contribution in [-0.4, -0.2) is 28.1 Å². The van der Waals surface area contributed by atoms with Gasteiger partial charge >= 0.3 is 0 Å². The third-order valence-corrected chi connectivity index (χ3v) is 4.19. The standard InChI is InChI=1S/C12H19N3O2S/c13-18(16,17)12-4-2-1-3-11(12)15-8-6-10-5-7-14-9-10/h1-4,10,14-15H,5-9H2,(H2,13,16,17). The zero-order valence-electron chi connectivity index (χ0n) is 10.2. The molecule has 1 aliphatic rings. The van der Waals surface area contributed by atoms with E-state index in [1.165, 1.54) is 12.5 Å². The number of anilines is 1. The normalized spacial score (nSPS) is 19.9. The zero-order chi connectivity index (χ0) is 13.0. The molecule has 4 N–H and O–H groups in total. The Balaban J connectivity index is 1.96. The summed E-state index contributed by atoms with van der Waals surface area (Å²) >= 11 is 0. The van der Waals surface area contributed by atoms with Crippen molar-refractivity contribution in [1.29, 1.82) is 0 Å². The first-order chi connectivity index (χ1) is 8.57. The van der Waals surface area contributed by atoms with Crippen LogP contribution in [0.3, 0.4) is 0 Å². The highest BCUT2D eigenvalue weighted by atomic mass is 32.2. The van der Waals surface area contributed by atoms with Crippen LogP contribution in [0.2, 0.25) is 0 Å². The van der Waals surface area contributed by atoms with Gasteiger partial charge in [0, 0.05) is 6.54 Å². The van der Waals surface area contributed by atoms with Crippen molar-refractivity contribution in [2.45, 2.75) is 17.7 Å². The third-order valence-electron chi connectivity index (χ3n) is 3.22. The fourth-order valence-electron chi connectivity index (χ4n) is 2.23. The first kappa shape index (κ1) is 13.3. The summed E-state index contributed by atoms with van der Waals surface area (Å²) in [6, 6.07) is 6.74. The highest BCUT2D eigenvalue weighted by molar-refractivity contribution is 7.89. The topological polar surface area (TPSA) is 84.2 Å². The number of benzene rings is 1. The number of hydrogen-bond donors (Lipinski definition) is 3. The molecule has 2 rings (SSSR count). The molecule has 1 aromatic rings. The quantitative estimate of drug-likeness (QED) is 0.736. The molecule has 18 heavy (non-hydrogen) atoms. The van der Waals surface area contributed by atoms with E-state index < -0.39 is 10.0 Å². The van der Waals surface area contributed by atoms with Crippen LogP contribution in [0.15, 0.2) is 29.2 Å². The smallest absolute Gasteiger partial charge is 0.240 e. The molecule has 1 atom stereocenters. The summed E-state index contributed by atoms with van der Waals surface area (Å²) in [5.74, 6) is 0.680. The molecule has 6 heteroatoms. The van der Waals surface area contributed by atoms with Crippen LogP contribution in [0.4, 0.5) is 5.69 Å². The third kappa shape index (κ3) is 3.44. The minimum Gasteiger partial charge on any atom is -0.384 e. The van der Waals surface area contributed by atoms with E-state index in [0.717, 1.165) is 26.1 Å². The average molecular weight is 269 g/mol. The Labute approximate surface area is 108 Å². The van der Waals surface area contributed by atoms with Crippen molar-refractivity contribution in [1.82, 2.24) is 5.32 Å². The summed E-state index contributed by atoms with van der Waals surface area (Å²) in [6.45, 7) is 2.90. The van der Waals surface area contributed by atoms with E-state index in [0.29, 0.717) is 11.6 Å². The predicted molar refractivity (Wildman–Crippen MR) is 71.9 cm³/mol. The summed E-state index contributed by atoms with van der Waals surface area (Å²) in [5.41, 5.74) is 0.589. The van der Waals surface area contributed by atoms with E-state index in [9.17, 15) is 8.42 Å². The van der Waals surface area contributed by atoms with Crippen LogP contribution in [0.1, 0.15) is 12.8 Å². The molecule has 0 spiro atoms. The molecule has 1 fully saturated rings. The number of hydrogen-bond acceptors (Lipinski definition) is 4. The molecule has 5 nitrogen and oxygen atoms in total. The molecule has 0 aliphatic carbocycles. The molecule has 1 heterocycles. The van der Waals surface area contributed by atoms with Gasteiger partial charge in [0.25, 0.3) is 0 Å². The van der Waals surface area contributed by atoms with Gasteiger partial charge in [0.05, 0.1) is 5.69 Å². The average Bonchev–Trinajstić information content (AvgIpc) is 2.81. The van der Waals surface area contributed by atoms with Crippen LogP contribution >= 0.6 is 0 Å². The molecular formula is C12H19N3O2S. The maximum atomic E-state index is 11.4. The number of primary sulfonamides is 1. The summed E-state index contributed by atoms with van der Waals surface area (Å²) in [5, 5.41) is 11.6. The molecule has 1 aliphatic heterocycles. The van der Waals surface area contributed by atoms with Gasteiger partial charge in [0.1, 0.15) is 4.90 Å². The molecule has 100 valence electrons. The lowest BCUT2D eigenvalue weighted by Gasteiger charge is -2.12. The molecule has 1 aromatic carbocycles. The predicted octanol–water partition coefficient (Wildman–Crippen LogP) is 0.745. The van der Waals surface area contributed by atoms with Crippen LogP contribution in [-0.2, 0) is 10.0 Å². The highest BCUT2D eigenvalue weighted by Crippen LogP contribution is 2.20. The van der Waals surface area contributed by atoms with Gasteiger partial charge < -0.3 is 10.6 Å². The van der Waals surface area contributed by atoms with Gasteiger partial charge in [-0.15, -0.1) is 0 Å². The van der Waals surface area contributed by atoms with Gasteiger partial charge in [-0.1, -0.05) is 12.1 Å². The second-order valence-electron chi connectivity index (χ2n) is 4.62. The zero-order valence-corrected chi connectivity index (χ0v) is 11.0. The summed E-state index contributed by atoms with van der Waals surface area (Å²) in [7, 11) is -3.66. The fraction of sp³-hybridized carbons (Fsp3) is 0.500. The molecular weight excluding hydrogens is 250 g/mol. The number of nitrogens with two attached hydrogens (primary N) is 1. The van der Waals surface area contributed by atoms with Crippen molar-refractivity contribution in [3.63, 3.8) is 0 Å². The van der Waals surface area contributed by atoms with Crippen molar-refractivity contribution in [3.05, 3.63) is 24.3 Å². The van der Waals surface area contributed by atoms with Crippen molar-refractivity contribution in [2.75, 3.05) is 25.0 Å². The molecule has 0 bridgehead atoms. The fourth-order valence-corrected chi connectivity index (χ4v) is 2.95. The Morgan fingerprint density at radius 1 is 1.39 bits per heavy atom. The molecule has 0 amide bonds. The van der Waals surface area contributed by atoms with Crippen molar-refractivity contribution < 1.29 is 8.42 Å². The minimum atomic E-state index is -3.66. The second kappa shape index (κ2) is 5.69. The highest BCUT2D eigenvalue weighted by Gasteiger charge is 2.15. The largest absolute Gasteiger partial charge is 0.384 e. The van der Waals surface area contributed by atoms with Crippen LogP contribution in [0, 0.1) is 5.92 Å². The first-order valence-corrected chi connectivity index (χ1v) is 7.68. The van der Waals surface area contributed by atoms with Gasteiger partial charge in [0.2, 0.25) is 10.0 Å². The summed E-state index contributed by atoms with van der Waals surface area (Å²) in [4.78, 5) is 0.162. The summed E-state index contributed by atoms with van der Waals surface area (Å²) < 4.78 is 22.8. The SMILES string of the molecule is NS(=O)(=O)c1ccccc1NCCC1CCNC1. The lowest BCUT2D eigenvalue weighted by molar-refractivity contribution is 0.549.